The smallest absolute Gasteiger partial charge is 0.251 e. The molecule has 0 aliphatic heterocycles. The highest BCUT2D eigenvalue weighted by Gasteiger charge is 2.15. The van der Waals surface area contributed by atoms with Crippen LogP contribution >= 0.6 is 0 Å². The second kappa shape index (κ2) is 17.8. The molecule has 0 radical (unpaired) electrons. The van der Waals surface area contributed by atoms with E-state index in [0.717, 1.165) is 17.7 Å². The van der Waals surface area contributed by atoms with E-state index in [1.165, 1.54) is 32.1 Å². The minimum absolute atomic E-state index is 0.145. The van der Waals surface area contributed by atoms with E-state index in [1.807, 2.05) is 24.3 Å². The lowest BCUT2D eigenvalue weighted by atomic mass is 9.89. The monoisotopic (exact) mass is 577 g/mol. The van der Waals surface area contributed by atoms with Gasteiger partial charge in [-0.25, -0.2) is 0 Å². The van der Waals surface area contributed by atoms with Crippen LogP contribution in [0.3, 0.4) is 0 Å². The minimum atomic E-state index is -0.145. The lowest BCUT2D eigenvalue weighted by Crippen LogP contribution is -2.27. The standard InChI is InChI=1S/C30H43N9O3/c31-12-16-41-18-19-42-17-15-33-27(40)26-8-6-24(7-9-26)21-35-29-37-28(34-20-23-4-2-1-3-5-23)38-30(39-29)36-22-25-10-13-32-14-11-25/h6-11,13-14,23H,1-5,12,15-22,31H2,(H,33,40)(H3,34,35,36,37,38,39). The Bertz CT molecular complexity index is 1190. The molecule has 0 unspecified atom stereocenters. The highest BCUT2D eigenvalue weighted by atomic mass is 16.5. The molecule has 0 atom stereocenters. The fourth-order valence-corrected chi connectivity index (χ4v) is 4.62. The summed E-state index contributed by atoms with van der Waals surface area (Å²) in [4.78, 5) is 30.3. The Morgan fingerprint density at radius 1 is 0.762 bits per heavy atom. The fourth-order valence-electron chi connectivity index (χ4n) is 4.62. The van der Waals surface area contributed by atoms with E-state index in [4.69, 9.17) is 15.2 Å². The van der Waals surface area contributed by atoms with Crippen molar-refractivity contribution in [1.82, 2.24) is 25.3 Å². The van der Waals surface area contributed by atoms with Crippen LogP contribution < -0.4 is 27.0 Å². The summed E-state index contributed by atoms with van der Waals surface area (Å²) in [5.74, 6) is 2.02. The Balaban J connectivity index is 1.28. The summed E-state index contributed by atoms with van der Waals surface area (Å²) in [5, 5.41) is 12.9. The van der Waals surface area contributed by atoms with Crippen LogP contribution in [0.15, 0.2) is 48.8 Å². The molecule has 12 heteroatoms. The topological polar surface area (TPSA) is 161 Å². The molecule has 226 valence electrons. The van der Waals surface area contributed by atoms with Gasteiger partial charge in [-0.05, 0) is 54.2 Å². The Morgan fingerprint density at radius 3 is 2.00 bits per heavy atom. The minimum Gasteiger partial charge on any atom is -0.378 e. The molecular formula is C30H43N9O3. The molecule has 0 saturated heterocycles. The van der Waals surface area contributed by atoms with Gasteiger partial charge in [0.05, 0.1) is 26.4 Å². The zero-order valence-electron chi connectivity index (χ0n) is 24.2. The third-order valence-electron chi connectivity index (χ3n) is 6.94. The van der Waals surface area contributed by atoms with Crippen molar-refractivity contribution in [2.75, 3.05) is 62.0 Å². The zero-order chi connectivity index (χ0) is 29.2. The quantitative estimate of drug-likeness (QED) is 0.141. The van der Waals surface area contributed by atoms with Gasteiger partial charge in [-0.1, -0.05) is 31.4 Å². The van der Waals surface area contributed by atoms with E-state index in [-0.39, 0.29) is 5.91 Å². The first kappa shape index (κ1) is 31.1. The van der Waals surface area contributed by atoms with Crippen LogP contribution in [0.2, 0.25) is 0 Å². The van der Waals surface area contributed by atoms with Crippen molar-refractivity contribution >= 4 is 23.8 Å². The van der Waals surface area contributed by atoms with Gasteiger partial charge in [-0.2, -0.15) is 15.0 Å². The van der Waals surface area contributed by atoms with Gasteiger partial charge in [0.25, 0.3) is 5.91 Å². The Hall–Kier alpha value is -3.87. The number of ether oxygens (including phenoxy) is 2. The van der Waals surface area contributed by atoms with Crippen LogP contribution in [0, 0.1) is 5.92 Å². The molecule has 0 bridgehead atoms. The van der Waals surface area contributed by atoms with Crippen molar-refractivity contribution in [3.8, 4) is 0 Å². The molecule has 1 fully saturated rings. The van der Waals surface area contributed by atoms with E-state index in [1.54, 1.807) is 24.5 Å². The highest BCUT2D eigenvalue weighted by Crippen LogP contribution is 2.24. The van der Waals surface area contributed by atoms with Crippen molar-refractivity contribution in [2.45, 2.75) is 45.2 Å². The zero-order valence-corrected chi connectivity index (χ0v) is 24.2. The summed E-state index contributed by atoms with van der Waals surface area (Å²) in [7, 11) is 0. The first-order valence-electron chi connectivity index (χ1n) is 14.8. The van der Waals surface area contributed by atoms with Gasteiger partial charge in [0.1, 0.15) is 0 Å². The molecule has 4 rings (SSSR count). The number of hydrogen-bond donors (Lipinski definition) is 5. The van der Waals surface area contributed by atoms with Crippen LogP contribution in [0.1, 0.15) is 53.6 Å². The number of benzene rings is 1. The summed E-state index contributed by atoms with van der Waals surface area (Å²) in [5.41, 5.74) is 8.04. The number of amides is 1. The van der Waals surface area contributed by atoms with E-state index in [9.17, 15) is 4.79 Å². The predicted octanol–water partition coefficient (Wildman–Crippen LogP) is 3.20. The van der Waals surface area contributed by atoms with Crippen LogP contribution in [0.4, 0.5) is 17.8 Å². The van der Waals surface area contributed by atoms with Crippen LogP contribution in [-0.2, 0) is 22.6 Å². The second-order valence-corrected chi connectivity index (χ2v) is 10.2. The summed E-state index contributed by atoms with van der Waals surface area (Å²) in [6, 6.07) is 11.3. The van der Waals surface area contributed by atoms with Crippen molar-refractivity contribution in [1.29, 1.82) is 0 Å². The SMILES string of the molecule is NCCOCCOCCNC(=O)c1ccc(CNc2nc(NCc3ccncc3)nc(NCC3CCCCC3)n2)cc1. The highest BCUT2D eigenvalue weighted by molar-refractivity contribution is 5.94. The molecule has 6 N–H and O–H groups in total. The van der Waals surface area contributed by atoms with Gasteiger partial charge < -0.3 is 36.5 Å². The Morgan fingerprint density at radius 2 is 1.36 bits per heavy atom. The molecule has 1 aromatic carbocycles. The van der Waals surface area contributed by atoms with E-state index in [2.05, 4.69) is 41.2 Å². The number of nitrogens with two attached hydrogens (primary N) is 1. The number of rotatable bonds is 18. The normalized spacial score (nSPS) is 13.5. The fraction of sp³-hybridized carbons (Fsp3) is 0.500. The van der Waals surface area contributed by atoms with Crippen LogP contribution in [0.25, 0.3) is 0 Å². The van der Waals surface area contributed by atoms with Gasteiger partial charge >= 0.3 is 0 Å². The number of anilines is 3. The number of hydrogen-bond acceptors (Lipinski definition) is 11. The Kier molecular flexibility index (Phi) is 13.2. The first-order valence-corrected chi connectivity index (χ1v) is 14.8. The lowest BCUT2D eigenvalue weighted by Gasteiger charge is -2.21. The first-order chi connectivity index (χ1) is 20.7. The van der Waals surface area contributed by atoms with Crippen molar-refractivity contribution in [3.05, 3.63) is 65.5 Å². The number of pyridine rings is 1. The molecule has 42 heavy (non-hydrogen) atoms. The summed E-state index contributed by atoms with van der Waals surface area (Å²) in [6.07, 6.45) is 9.91. The van der Waals surface area contributed by atoms with Gasteiger partial charge in [0, 0.05) is 50.7 Å². The molecule has 3 aromatic rings. The molecule has 1 amide bonds. The van der Waals surface area contributed by atoms with E-state index >= 15 is 0 Å². The number of nitrogens with one attached hydrogen (secondary N) is 4. The predicted molar refractivity (Wildman–Crippen MR) is 163 cm³/mol. The summed E-state index contributed by atoms with van der Waals surface area (Å²) < 4.78 is 10.7. The molecule has 2 heterocycles. The second-order valence-electron chi connectivity index (χ2n) is 10.2. The van der Waals surface area contributed by atoms with Crippen molar-refractivity contribution in [2.24, 2.45) is 11.7 Å². The van der Waals surface area contributed by atoms with E-state index in [0.29, 0.717) is 81.9 Å². The molecule has 12 nitrogen and oxygen atoms in total. The van der Waals surface area contributed by atoms with Gasteiger partial charge in [0.2, 0.25) is 17.8 Å². The Labute approximate surface area is 247 Å². The summed E-state index contributed by atoms with van der Waals surface area (Å²) in [6.45, 7) is 4.75. The van der Waals surface area contributed by atoms with Gasteiger partial charge in [0.15, 0.2) is 0 Å². The molecular weight excluding hydrogens is 534 g/mol. The number of carbonyl (C=O) groups excluding carboxylic acids is 1. The average molecular weight is 578 g/mol. The van der Waals surface area contributed by atoms with Crippen LogP contribution in [-0.4, -0.2) is 71.9 Å². The van der Waals surface area contributed by atoms with E-state index < -0.39 is 0 Å². The average Bonchev–Trinajstić information content (AvgIpc) is 3.04. The summed E-state index contributed by atoms with van der Waals surface area (Å²) >= 11 is 0. The molecule has 1 aliphatic carbocycles. The molecule has 1 saturated carbocycles. The maximum absolute atomic E-state index is 12.5. The molecule has 2 aromatic heterocycles. The third-order valence-corrected chi connectivity index (χ3v) is 6.94. The number of aromatic nitrogens is 4. The van der Waals surface area contributed by atoms with Crippen molar-refractivity contribution < 1.29 is 14.3 Å². The molecule has 0 spiro atoms. The number of carbonyl (C=O) groups is 1. The maximum atomic E-state index is 12.5. The maximum Gasteiger partial charge on any atom is 0.251 e. The largest absolute Gasteiger partial charge is 0.378 e. The third kappa shape index (κ3) is 11.2. The van der Waals surface area contributed by atoms with Gasteiger partial charge in [-0.3, -0.25) is 9.78 Å². The van der Waals surface area contributed by atoms with Crippen LogP contribution in [0.5, 0.6) is 0 Å². The molecule has 1 aliphatic rings. The number of nitrogens with zero attached hydrogens (tertiary/aromatic N) is 4. The van der Waals surface area contributed by atoms with Crippen molar-refractivity contribution in [3.63, 3.8) is 0 Å². The van der Waals surface area contributed by atoms with Gasteiger partial charge in [-0.15, -0.1) is 0 Å². The lowest BCUT2D eigenvalue weighted by molar-refractivity contribution is 0.0511.